The van der Waals surface area contributed by atoms with Crippen LogP contribution in [-0.4, -0.2) is 67.8 Å². The summed E-state index contributed by atoms with van der Waals surface area (Å²) in [5, 5.41) is 0. The Bertz CT molecular complexity index is 944. The maximum absolute atomic E-state index is 13.6. The summed E-state index contributed by atoms with van der Waals surface area (Å²) in [5.74, 6) is -0.521. The van der Waals surface area contributed by atoms with E-state index in [0.717, 1.165) is 25.7 Å². The predicted molar refractivity (Wildman–Crippen MR) is 111 cm³/mol. The van der Waals surface area contributed by atoms with Gasteiger partial charge in [-0.15, -0.1) is 0 Å². The number of rotatable bonds is 5. The van der Waals surface area contributed by atoms with E-state index in [9.17, 15) is 12.8 Å². The van der Waals surface area contributed by atoms with Crippen LogP contribution in [0, 0.1) is 19.2 Å². The number of nitrogens with zero attached hydrogens (tertiary/aromatic N) is 3. The normalized spacial score (nSPS) is 22.2. The van der Waals surface area contributed by atoms with E-state index in [2.05, 4.69) is 40.5 Å². The van der Waals surface area contributed by atoms with Gasteiger partial charge in [-0.25, -0.2) is 12.8 Å². The summed E-state index contributed by atoms with van der Waals surface area (Å²) in [6, 6.07) is 14.7. The number of sulfonamides is 1. The Morgan fingerprint density at radius 1 is 1.03 bits per heavy atom. The summed E-state index contributed by atoms with van der Waals surface area (Å²) in [4.78, 5) is 4.85. The van der Waals surface area contributed by atoms with Gasteiger partial charge in [-0.3, -0.25) is 9.80 Å². The van der Waals surface area contributed by atoms with Gasteiger partial charge in [0.25, 0.3) is 0 Å². The average Bonchev–Trinajstić information content (AvgIpc) is 3.19. The Hall–Kier alpha value is -1.80. The fraction of sp³-hybridized carbons (Fsp3) is 0.409. The van der Waals surface area contributed by atoms with Crippen molar-refractivity contribution in [2.45, 2.75) is 24.4 Å². The average molecular weight is 417 g/mol. The summed E-state index contributed by atoms with van der Waals surface area (Å²) in [7, 11) is -3.67. The van der Waals surface area contributed by atoms with E-state index in [-0.39, 0.29) is 4.90 Å². The highest BCUT2D eigenvalue weighted by Crippen LogP contribution is 2.24. The lowest BCUT2D eigenvalue weighted by atomic mass is 10.2. The third kappa shape index (κ3) is 4.53. The molecule has 0 N–H and O–H groups in total. The monoisotopic (exact) mass is 416 g/mol. The van der Waals surface area contributed by atoms with Crippen LogP contribution in [0.1, 0.15) is 11.1 Å². The van der Waals surface area contributed by atoms with Crippen LogP contribution in [0.5, 0.6) is 0 Å². The standard InChI is InChI=1S/C22H27FN3O2S/c1-18-7-8-20(23)15-22(18)29(27,28)26-13-11-25(12-14-26)21-9-10-24(17-21)16-19-5-3-2-4-6-19/h2-9,15,21H,10-14,16-17H2,1H3/t21-/m1/s1. The summed E-state index contributed by atoms with van der Waals surface area (Å²) in [6.45, 7) is 6.79. The molecule has 2 aromatic carbocycles. The zero-order valence-corrected chi connectivity index (χ0v) is 17.5. The first-order valence-electron chi connectivity index (χ1n) is 10.0. The van der Waals surface area contributed by atoms with Gasteiger partial charge < -0.3 is 0 Å². The van der Waals surface area contributed by atoms with E-state index in [1.54, 1.807) is 6.92 Å². The molecule has 2 saturated heterocycles. The summed E-state index contributed by atoms with van der Waals surface area (Å²) in [5.41, 5.74) is 1.89. The summed E-state index contributed by atoms with van der Waals surface area (Å²) < 4.78 is 41.0. The van der Waals surface area contributed by atoms with Crippen LogP contribution < -0.4 is 0 Å². The Balaban J connectivity index is 1.34. The zero-order valence-electron chi connectivity index (χ0n) is 16.7. The molecule has 1 atom stereocenters. The van der Waals surface area contributed by atoms with Crippen molar-refractivity contribution in [3.8, 4) is 0 Å². The maximum atomic E-state index is 13.6. The van der Waals surface area contributed by atoms with E-state index < -0.39 is 15.8 Å². The Kier molecular flexibility index (Phi) is 6.01. The van der Waals surface area contributed by atoms with Gasteiger partial charge >= 0.3 is 0 Å². The Morgan fingerprint density at radius 2 is 1.76 bits per heavy atom. The van der Waals surface area contributed by atoms with Crippen molar-refractivity contribution in [1.82, 2.24) is 14.1 Å². The molecular weight excluding hydrogens is 389 g/mol. The van der Waals surface area contributed by atoms with Gasteiger partial charge in [-0.05, 0) is 36.6 Å². The molecule has 5 nitrogen and oxygen atoms in total. The van der Waals surface area contributed by atoms with Gasteiger partial charge in [0.05, 0.1) is 4.90 Å². The van der Waals surface area contributed by atoms with Gasteiger partial charge in [-0.1, -0.05) is 36.4 Å². The lowest BCUT2D eigenvalue weighted by Gasteiger charge is -2.37. The smallest absolute Gasteiger partial charge is 0.243 e. The number of hydrogen-bond donors (Lipinski definition) is 0. The molecule has 7 heteroatoms. The molecule has 2 fully saturated rings. The highest BCUT2D eigenvalue weighted by molar-refractivity contribution is 7.89. The van der Waals surface area contributed by atoms with E-state index in [1.165, 1.54) is 22.0 Å². The molecule has 0 amide bonds. The lowest BCUT2D eigenvalue weighted by molar-refractivity contribution is 0.146. The van der Waals surface area contributed by atoms with Gasteiger partial charge in [0, 0.05) is 51.9 Å². The van der Waals surface area contributed by atoms with Crippen LogP contribution in [0.15, 0.2) is 53.4 Å². The molecule has 29 heavy (non-hydrogen) atoms. The van der Waals surface area contributed by atoms with Crippen LogP contribution in [-0.2, 0) is 16.6 Å². The second-order valence-corrected chi connectivity index (χ2v) is 9.74. The molecule has 0 aromatic heterocycles. The van der Waals surface area contributed by atoms with Crippen LogP contribution in [0.25, 0.3) is 0 Å². The molecule has 0 saturated carbocycles. The van der Waals surface area contributed by atoms with Crippen LogP contribution in [0.3, 0.4) is 0 Å². The number of piperazine rings is 1. The van der Waals surface area contributed by atoms with Crippen molar-refractivity contribution in [2.24, 2.45) is 0 Å². The first-order valence-corrected chi connectivity index (χ1v) is 11.5. The first kappa shape index (κ1) is 20.5. The summed E-state index contributed by atoms with van der Waals surface area (Å²) >= 11 is 0. The Morgan fingerprint density at radius 3 is 2.48 bits per heavy atom. The van der Waals surface area contributed by atoms with Gasteiger partial charge in [0.1, 0.15) is 5.82 Å². The topological polar surface area (TPSA) is 43.9 Å². The first-order chi connectivity index (χ1) is 13.9. The van der Waals surface area contributed by atoms with Gasteiger partial charge in [-0.2, -0.15) is 4.31 Å². The van der Waals surface area contributed by atoms with Crippen molar-refractivity contribution in [2.75, 3.05) is 39.3 Å². The molecule has 0 spiro atoms. The van der Waals surface area contributed by atoms with E-state index in [0.29, 0.717) is 37.8 Å². The third-order valence-corrected chi connectivity index (χ3v) is 7.88. The molecule has 4 rings (SSSR count). The van der Waals surface area contributed by atoms with E-state index >= 15 is 0 Å². The molecule has 0 bridgehead atoms. The minimum atomic E-state index is -3.67. The fourth-order valence-electron chi connectivity index (χ4n) is 4.19. The molecule has 2 aromatic rings. The van der Waals surface area contributed by atoms with Crippen molar-refractivity contribution in [3.05, 3.63) is 71.9 Å². The van der Waals surface area contributed by atoms with Crippen LogP contribution >= 0.6 is 0 Å². The molecule has 2 aliphatic rings. The number of hydrogen-bond acceptors (Lipinski definition) is 4. The largest absolute Gasteiger partial charge is 0.297 e. The SMILES string of the molecule is Cc1ccc(F)cc1S(=O)(=O)N1CCN([C@@H]2[CH]CN(Cc3ccccc3)C2)CC1. The second-order valence-electron chi connectivity index (χ2n) is 7.83. The van der Waals surface area contributed by atoms with E-state index in [4.69, 9.17) is 0 Å². The molecule has 2 aliphatic heterocycles. The van der Waals surface area contributed by atoms with Gasteiger partial charge in [0.2, 0.25) is 10.0 Å². The number of likely N-dealkylation sites (tertiary alicyclic amines) is 1. The quantitative estimate of drug-likeness (QED) is 0.751. The Labute approximate surface area is 172 Å². The third-order valence-electron chi connectivity index (χ3n) is 5.84. The molecular formula is C22H27FN3O2S. The minimum absolute atomic E-state index is 0.0763. The number of aryl methyl sites for hydroxylation is 1. The van der Waals surface area contributed by atoms with Crippen LogP contribution in [0.2, 0.25) is 0 Å². The highest BCUT2D eigenvalue weighted by Gasteiger charge is 2.34. The number of halogens is 1. The maximum Gasteiger partial charge on any atom is 0.243 e. The molecule has 2 heterocycles. The molecule has 155 valence electrons. The second kappa shape index (κ2) is 8.52. The molecule has 0 unspecified atom stereocenters. The molecule has 1 radical (unpaired) electrons. The van der Waals surface area contributed by atoms with Crippen molar-refractivity contribution < 1.29 is 12.8 Å². The lowest BCUT2D eigenvalue weighted by Crippen LogP contribution is -2.52. The molecule has 0 aliphatic carbocycles. The highest BCUT2D eigenvalue weighted by atomic mass is 32.2. The minimum Gasteiger partial charge on any atom is -0.297 e. The van der Waals surface area contributed by atoms with Crippen LogP contribution in [0.4, 0.5) is 4.39 Å². The van der Waals surface area contributed by atoms with Crippen molar-refractivity contribution >= 4 is 10.0 Å². The number of benzene rings is 2. The van der Waals surface area contributed by atoms with Crippen molar-refractivity contribution in [1.29, 1.82) is 0 Å². The van der Waals surface area contributed by atoms with E-state index in [1.807, 2.05) is 6.07 Å². The van der Waals surface area contributed by atoms with Crippen molar-refractivity contribution in [3.63, 3.8) is 0 Å². The fourth-order valence-corrected chi connectivity index (χ4v) is 5.84. The predicted octanol–water partition coefficient (Wildman–Crippen LogP) is 2.53. The summed E-state index contributed by atoms with van der Waals surface area (Å²) in [6.07, 6.45) is 2.32. The van der Waals surface area contributed by atoms with Gasteiger partial charge in [0.15, 0.2) is 0 Å². The zero-order chi connectivity index (χ0) is 20.4.